The van der Waals surface area contributed by atoms with E-state index in [1.54, 1.807) is 38.5 Å². The molecule has 6 rings (SSSR count). The smallest absolute Gasteiger partial charge is 0.306 e. The van der Waals surface area contributed by atoms with Crippen molar-refractivity contribution in [2.75, 3.05) is 49.2 Å². The third kappa shape index (κ3) is 6.62. The van der Waals surface area contributed by atoms with E-state index >= 15 is 0 Å². The van der Waals surface area contributed by atoms with Gasteiger partial charge in [0.15, 0.2) is 34.2 Å². The number of hydrogen-bond donors (Lipinski definition) is 1. The molecule has 0 saturated heterocycles. The van der Waals surface area contributed by atoms with Crippen LogP contribution in [0.3, 0.4) is 0 Å². The first kappa shape index (κ1) is 35.9. The fraction of sp³-hybridized carbons (Fsp3) is 0.308. The second-order valence-corrected chi connectivity index (χ2v) is 12.1. The maximum atomic E-state index is 13.7. The van der Waals surface area contributed by atoms with Crippen molar-refractivity contribution in [1.29, 1.82) is 0 Å². The third-order valence-electron chi connectivity index (χ3n) is 9.33. The number of carbonyl (C=O) groups excluding carboxylic acids is 1. The Bertz CT molecular complexity index is 2210. The van der Waals surface area contributed by atoms with Crippen LogP contribution in [0.2, 0.25) is 0 Å². The molecular weight excluding hydrogens is 674 g/mol. The van der Waals surface area contributed by atoms with E-state index in [0.717, 1.165) is 16.7 Å². The van der Waals surface area contributed by atoms with Gasteiger partial charge >= 0.3 is 5.97 Å². The van der Waals surface area contributed by atoms with E-state index in [1.165, 1.54) is 40.8 Å². The van der Waals surface area contributed by atoms with Gasteiger partial charge in [-0.25, -0.2) is 0 Å². The highest BCUT2D eigenvalue weighted by Crippen LogP contribution is 2.46. The van der Waals surface area contributed by atoms with Crippen molar-refractivity contribution in [2.24, 2.45) is 0 Å². The van der Waals surface area contributed by atoms with Crippen molar-refractivity contribution in [2.45, 2.75) is 31.3 Å². The van der Waals surface area contributed by atoms with Crippen molar-refractivity contribution in [3.05, 3.63) is 115 Å². The standard InChI is InChI=1S/C39H39NO12/c1-45-30-13-21-11-12-40(35(25(21)17-31(30)46-2)22-14-32(47-3)39(50-6)33(15-22)48-4)19-23-16-28(41)37(44)38(52-23)26(18-34(42)49-5)27-20-51-29-10-8-7-9-24(29)36(27)43/h7-10,13-17,20,26,35,44H,11-12,18-19H2,1-6H3/t26-,35+/m1/s1. The van der Waals surface area contributed by atoms with Crippen molar-refractivity contribution in [3.63, 3.8) is 0 Å². The maximum absolute atomic E-state index is 13.7. The number of aromatic hydroxyl groups is 1. The minimum Gasteiger partial charge on any atom is -0.502 e. The molecule has 272 valence electrons. The minimum atomic E-state index is -1.20. The number of rotatable bonds is 12. The summed E-state index contributed by atoms with van der Waals surface area (Å²) in [7, 11) is 8.95. The molecule has 0 spiro atoms. The lowest BCUT2D eigenvalue weighted by Gasteiger charge is -2.38. The van der Waals surface area contributed by atoms with Crippen molar-refractivity contribution < 1.29 is 47.2 Å². The van der Waals surface area contributed by atoms with Gasteiger partial charge in [0.2, 0.25) is 16.9 Å². The lowest BCUT2D eigenvalue weighted by molar-refractivity contribution is -0.141. The lowest BCUT2D eigenvalue weighted by atomic mass is 9.87. The van der Waals surface area contributed by atoms with Gasteiger partial charge in [0, 0.05) is 18.2 Å². The Morgan fingerprint density at radius 2 is 1.56 bits per heavy atom. The molecule has 13 heteroatoms. The molecule has 1 aliphatic rings. The molecule has 0 amide bonds. The molecule has 13 nitrogen and oxygen atoms in total. The zero-order valence-corrected chi connectivity index (χ0v) is 29.6. The third-order valence-corrected chi connectivity index (χ3v) is 9.33. The average molecular weight is 714 g/mol. The normalized spacial score (nSPS) is 14.7. The molecule has 0 fully saturated rings. The zero-order valence-electron chi connectivity index (χ0n) is 29.6. The summed E-state index contributed by atoms with van der Waals surface area (Å²) in [5, 5.41) is 11.4. The number of hydrogen-bond acceptors (Lipinski definition) is 13. The summed E-state index contributed by atoms with van der Waals surface area (Å²) >= 11 is 0. The van der Waals surface area contributed by atoms with Crippen LogP contribution in [0, 0.1) is 0 Å². The highest BCUT2D eigenvalue weighted by atomic mass is 16.5. The molecule has 5 aromatic rings. The molecule has 0 saturated carbocycles. The molecular formula is C39H39NO12. The topological polar surface area (TPSA) is 156 Å². The highest BCUT2D eigenvalue weighted by Gasteiger charge is 2.34. The predicted molar refractivity (Wildman–Crippen MR) is 189 cm³/mol. The summed E-state index contributed by atoms with van der Waals surface area (Å²) in [6.07, 6.45) is 1.41. The van der Waals surface area contributed by atoms with Crippen LogP contribution in [0.5, 0.6) is 34.5 Å². The van der Waals surface area contributed by atoms with Gasteiger partial charge in [0.1, 0.15) is 11.3 Å². The number of methoxy groups -OCH3 is 6. The first-order valence-electron chi connectivity index (χ1n) is 16.4. The Kier molecular flexibility index (Phi) is 10.4. The fourth-order valence-electron chi connectivity index (χ4n) is 6.81. The first-order valence-corrected chi connectivity index (χ1v) is 16.4. The number of fused-ring (bicyclic) bond motifs is 2. The maximum Gasteiger partial charge on any atom is 0.306 e. The lowest BCUT2D eigenvalue weighted by Crippen LogP contribution is -2.36. The van der Waals surface area contributed by atoms with Gasteiger partial charge in [-0.1, -0.05) is 12.1 Å². The first-order chi connectivity index (χ1) is 25.1. The summed E-state index contributed by atoms with van der Waals surface area (Å²) < 4.78 is 45.2. The summed E-state index contributed by atoms with van der Waals surface area (Å²) in [6.45, 7) is 0.582. The van der Waals surface area contributed by atoms with Crippen LogP contribution in [0.15, 0.2) is 79.3 Å². The van der Waals surface area contributed by atoms with Gasteiger partial charge in [-0.05, 0) is 59.5 Å². The Morgan fingerprint density at radius 1 is 0.885 bits per heavy atom. The van der Waals surface area contributed by atoms with Crippen molar-refractivity contribution in [3.8, 4) is 34.5 Å². The monoisotopic (exact) mass is 713 g/mol. The Labute approximate surface area is 298 Å². The molecule has 2 aromatic heterocycles. The van der Waals surface area contributed by atoms with Crippen LogP contribution in [-0.4, -0.2) is 65.2 Å². The number of esters is 1. The summed E-state index contributed by atoms with van der Waals surface area (Å²) in [4.78, 5) is 41.9. The van der Waals surface area contributed by atoms with Crippen molar-refractivity contribution in [1.82, 2.24) is 4.90 Å². The SMILES string of the molecule is COC(=O)C[C@@H](c1oc(CN2CCc3cc(OC)c(OC)cc3[C@@H]2c2cc(OC)c(OC)c(OC)c2)cc(=O)c1O)c1coc2ccccc2c1=O. The van der Waals surface area contributed by atoms with Gasteiger partial charge in [-0.2, -0.15) is 0 Å². The quantitative estimate of drug-likeness (QED) is 0.166. The zero-order chi connectivity index (χ0) is 37.1. The molecule has 0 aliphatic carbocycles. The molecule has 0 radical (unpaired) electrons. The average Bonchev–Trinajstić information content (AvgIpc) is 3.17. The van der Waals surface area contributed by atoms with E-state index in [4.69, 9.17) is 37.3 Å². The molecule has 3 heterocycles. The Hall–Kier alpha value is -5.95. The number of nitrogens with zero attached hydrogens (tertiary/aromatic N) is 1. The molecule has 3 aromatic carbocycles. The second-order valence-electron chi connectivity index (χ2n) is 12.1. The number of benzene rings is 3. The van der Waals surface area contributed by atoms with E-state index in [9.17, 15) is 19.5 Å². The fourth-order valence-corrected chi connectivity index (χ4v) is 6.81. The van der Waals surface area contributed by atoms with Crippen LogP contribution >= 0.6 is 0 Å². The summed E-state index contributed by atoms with van der Waals surface area (Å²) in [5.41, 5.74) is 1.86. The van der Waals surface area contributed by atoms with E-state index < -0.39 is 41.0 Å². The van der Waals surface area contributed by atoms with Crippen LogP contribution in [0.4, 0.5) is 0 Å². The van der Waals surface area contributed by atoms with Gasteiger partial charge < -0.3 is 42.4 Å². The predicted octanol–water partition coefficient (Wildman–Crippen LogP) is 5.34. The Morgan fingerprint density at radius 3 is 2.21 bits per heavy atom. The van der Waals surface area contributed by atoms with Gasteiger partial charge in [-0.15, -0.1) is 0 Å². The largest absolute Gasteiger partial charge is 0.502 e. The number of carbonyl (C=O) groups is 1. The second kappa shape index (κ2) is 15.1. The highest BCUT2D eigenvalue weighted by molar-refractivity contribution is 5.77. The molecule has 1 N–H and O–H groups in total. The molecule has 0 bridgehead atoms. The minimum absolute atomic E-state index is 0.0166. The van der Waals surface area contributed by atoms with Crippen LogP contribution in [-0.2, 0) is 22.5 Å². The van der Waals surface area contributed by atoms with Crippen LogP contribution in [0.1, 0.15) is 52.2 Å². The van der Waals surface area contributed by atoms with Gasteiger partial charge in [-0.3, -0.25) is 19.3 Å². The molecule has 0 unspecified atom stereocenters. The number of ether oxygens (including phenoxy) is 6. The Balaban J connectivity index is 1.50. The van der Waals surface area contributed by atoms with E-state index in [2.05, 4.69) is 4.90 Å². The molecule has 2 atom stereocenters. The summed E-state index contributed by atoms with van der Waals surface area (Å²) in [5.74, 6) is -0.274. The van der Waals surface area contributed by atoms with E-state index in [-0.39, 0.29) is 29.0 Å². The van der Waals surface area contributed by atoms with Crippen LogP contribution in [0.25, 0.3) is 11.0 Å². The molecule has 1 aliphatic heterocycles. The van der Waals surface area contributed by atoms with E-state index in [0.29, 0.717) is 47.3 Å². The van der Waals surface area contributed by atoms with E-state index in [1.807, 2.05) is 24.3 Å². The number of para-hydroxylation sites is 1. The summed E-state index contributed by atoms with van der Waals surface area (Å²) in [6, 6.07) is 15.0. The molecule has 52 heavy (non-hydrogen) atoms. The van der Waals surface area contributed by atoms with Crippen molar-refractivity contribution >= 4 is 16.9 Å². The van der Waals surface area contributed by atoms with Crippen LogP contribution < -0.4 is 34.5 Å². The van der Waals surface area contributed by atoms with Gasteiger partial charge in [0.25, 0.3) is 0 Å². The van der Waals surface area contributed by atoms with Gasteiger partial charge in [0.05, 0.1) is 79.2 Å².